The first-order valence-electron chi connectivity index (χ1n) is 7.89. The van der Waals surface area contributed by atoms with Gasteiger partial charge in [-0.25, -0.2) is 0 Å². The molecule has 140 valence electrons. The second-order valence-corrected chi connectivity index (χ2v) is 8.17. The topological polar surface area (TPSA) is 116 Å². The minimum absolute atomic E-state index is 0.164. The maximum Gasteiger partial charge on any atom is 0.274 e. The lowest BCUT2D eigenvalue weighted by Crippen LogP contribution is -2.50. The Labute approximate surface area is 147 Å². The molecule has 1 unspecified atom stereocenters. The summed E-state index contributed by atoms with van der Waals surface area (Å²) in [4.78, 5) is 22.3. The zero-order chi connectivity index (χ0) is 19.3. The summed E-state index contributed by atoms with van der Waals surface area (Å²) in [6, 6.07) is 5.77. The third kappa shape index (κ3) is 6.79. The van der Waals surface area contributed by atoms with E-state index in [2.05, 4.69) is 5.32 Å². The molecule has 0 radical (unpaired) electrons. The standard InChI is InChI=1S/C16H24N2O6S/c1-5-12(2)15(19)17-16(3,4)11-25(22,23)24-10-13-8-6-7-9-14(13)18(20)21/h6-9,12H,5,10-11H2,1-4H3,(H,17,19). The Balaban J connectivity index is 2.76. The van der Waals surface area contributed by atoms with Crippen LogP contribution in [-0.4, -0.2) is 30.5 Å². The van der Waals surface area contributed by atoms with Gasteiger partial charge in [0, 0.05) is 12.0 Å². The molecule has 0 saturated heterocycles. The molecular weight excluding hydrogens is 348 g/mol. The maximum atomic E-state index is 12.2. The number of carbonyl (C=O) groups is 1. The van der Waals surface area contributed by atoms with E-state index in [1.54, 1.807) is 26.8 Å². The number of para-hydroxylation sites is 1. The molecule has 0 fully saturated rings. The molecular formula is C16H24N2O6S. The van der Waals surface area contributed by atoms with Gasteiger partial charge in [0.05, 0.1) is 28.4 Å². The van der Waals surface area contributed by atoms with Crippen molar-refractivity contribution < 1.29 is 22.3 Å². The molecule has 0 saturated carbocycles. The first-order chi connectivity index (χ1) is 11.5. The Morgan fingerprint density at radius 3 is 2.52 bits per heavy atom. The minimum atomic E-state index is -4.00. The van der Waals surface area contributed by atoms with Crippen LogP contribution in [-0.2, 0) is 25.7 Å². The van der Waals surface area contributed by atoms with Crippen LogP contribution in [0.5, 0.6) is 0 Å². The van der Waals surface area contributed by atoms with Gasteiger partial charge in [0.2, 0.25) is 5.91 Å². The van der Waals surface area contributed by atoms with Gasteiger partial charge in [-0.1, -0.05) is 26.0 Å². The SMILES string of the molecule is CCC(C)C(=O)NC(C)(C)CS(=O)(=O)OCc1ccccc1[N+](=O)[O-]. The van der Waals surface area contributed by atoms with Crippen molar-refractivity contribution in [3.63, 3.8) is 0 Å². The summed E-state index contributed by atoms with van der Waals surface area (Å²) < 4.78 is 29.3. The molecule has 1 aromatic rings. The fraction of sp³-hybridized carbons (Fsp3) is 0.562. The van der Waals surface area contributed by atoms with Crippen molar-refractivity contribution in [2.45, 2.75) is 46.3 Å². The summed E-state index contributed by atoms with van der Waals surface area (Å²) in [7, 11) is -4.00. The van der Waals surface area contributed by atoms with Crippen LogP contribution in [0.2, 0.25) is 0 Å². The number of hydrogen-bond donors (Lipinski definition) is 1. The minimum Gasteiger partial charge on any atom is -0.350 e. The molecule has 1 amide bonds. The largest absolute Gasteiger partial charge is 0.350 e. The number of hydrogen-bond acceptors (Lipinski definition) is 6. The molecule has 1 aromatic carbocycles. The second kappa shape index (κ2) is 8.39. The average Bonchev–Trinajstić information content (AvgIpc) is 2.50. The number of rotatable bonds is 9. The van der Waals surface area contributed by atoms with Crippen LogP contribution in [0.25, 0.3) is 0 Å². The van der Waals surface area contributed by atoms with Crippen LogP contribution < -0.4 is 5.32 Å². The van der Waals surface area contributed by atoms with E-state index in [1.807, 2.05) is 6.92 Å². The van der Waals surface area contributed by atoms with E-state index in [9.17, 15) is 23.3 Å². The van der Waals surface area contributed by atoms with Crippen molar-refractivity contribution in [3.05, 3.63) is 39.9 Å². The van der Waals surface area contributed by atoms with E-state index in [1.165, 1.54) is 18.2 Å². The van der Waals surface area contributed by atoms with Gasteiger partial charge in [0.15, 0.2) is 0 Å². The number of amides is 1. The average molecular weight is 372 g/mol. The van der Waals surface area contributed by atoms with Crippen LogP contribution in [0.3, 0.4) is 0 Å². The van der Waals surface area contributed by atoms with Crippen molar-refractivity contribution >= 4 is 21.7 Å². The van der Waals surface area contributed by atoms with Crippen molar-refractivity contribution in [1.29, 1.82) is 0 Å². The number of carbonyl (C=O) groups excluding carboxylic acids is 1. The monoisotopic (exact) mass is 372 g/mol. The van der Waals surface area contributed by atoms with Gasteiger partial charge in [-0.15, -0.1) is 0 Å². The fourth-order valence-corrected chi connectivity index (χ4v) is 3.47. The van der Waals surface area contributed by atoms with Crippen LogP contribution >= 0.6 is 0 Å². The van der Waals surface area contributed by atoms with E-state index in [4.69, 9.17) is 4.18 Å². The first kappa shape index (κ1) is 21.0. The summed E-state index contributed by atoms with van der Waals surface area (Å²) in [6.45, 7) is 6.35. The fourth-order valence-electron chi connectivity index (χ4n) is 2.13. The van der Waals surface area contributed by atoms with Crippen LogP contribution in [0.4, 0.5) is 5.69 Å². The Morgan fingerprint density at radius 2 is 1.96 bits per heavy atom. The summed E-state index contributed by atoms with van der Waals surface area (Å²) >= 11 is 0. The van der Waals surface area contributed by atoms with Gasteiger partial charge in [0.1, 0.15) is 0 Å². The van der Waals surface area contributed by atoms with Gasteiger partial charge in [-0.3, -0.25) is 19.1 Å². The predicted molar refractivity (Wildman–Crippen MR) is 93.3 cm³/mol. The molecule has 0 bridgehead atoms. The highest BCUT2D eigenvalue weighted by molar-refractivity contribution is 7.86. The zero-order valence-electron chi connectivity index (χ0n) is 14.8. The van der Waals surface area contributed by atoms with E-state index >= 15 is 0 Å². The predicted octanol–water partition coefficient (Wildman–Crippen LogP) is 2.38. The van der Waals surface area contributed by atoms with Gasteiger partial charge >= 0.3 is 0 Å². The lowest BCUT2D eigenvalue weighted by molar-refractivity contribution is -0.385. The molecule has 8 nitrogen and oxygen atoms in total. The van der Waals surface area contributed by atoms with E-state index in [-0.39, 0.29) is 23.1 Å². The van der Waals surface area contributed by atoms with Crippen LogP contribution in [0.15, 0.2) is 24.3 Å². The third-order valence-electron chi connectivity index (χ3n) is 3.64. The molecule has 9 heteroatoms. The molecule has 0 aliphatic carbocycles. The van der Waals surface area contributed by atoms with E-state index in [0.29, 0.717) is 6.42 Å². The number of nitrogens with one attached hydrogen (secondary N) is 1. The highest BCUT2D eigenvalue weighted by Gasteiger charge is 2.30. The van der Waals surface area contributed by atoms with Gasteiger partial charge in [0.25, 0.3) is 15.8 Å². The highest BCUT2D eigenvalue weighted by atomic mass is 32.2. The van der Waals surface area contributed by atoms with Crippen LogP contribution in [0, 0.1) is 16.0 Å². The summed E-state index contributed by atoms with van der Waals surface area (Å²) in [6.07, 6.45) is 0.642. The van der Waals surface area contributed by atoms with E-state index in [0.717, 1.165) is 0 Å². The molecule has 1 atom stereocenters. The number of nitro groups is 1. The highest BCUT2D eigenvalue weighted by Crippen LogP contribution is 2.20. The summed E-state index contributed by atoms with van der Waals surface area (Å²) in [5, 5.41) is 13.6. The Morgan fingerprint density at radius 1 is 1.36 bits per heavy atom. The number of benzene rings is 1. The number of nitrogens with zero attached hydrogens (tertiary/aromatic N) is 1. The molecule has 0 aliphatic heterocycles. The Bertz CT molecular complexity index is 730. The lowest BCUT2D eigenvalue weighted by Gasteiger charge is -2.27. The van der Waals surface area contributed by atoms with Crippen molar-refractivity contribution in [1.82, 2.24) is 5.32 Å². The Kier molecular flexibility index (Phi) is 7.06. The maximum absolute atomic E-state index is 12.2. The molecule has 25 heavy (non-hydrogen) atoms. The summed E-state index contributed by atoms with van der Waals surface area (Å²) in [5.74, 6) is -0.903. The molecule has 0 heterocycles. The van der Waals surface area contributed by atoms with Gasteiger partial charge in [-0.05, 0) is 26.3 Å². The molecule has 1 rings (SSSR count). The molecule has 0 spiro atoms. The lowest BCUT2D eigenvalue weighted by atomic mass is 10.0. The van der Waals surface area contributed by atoms with E-state index < -0.39 is 32.9 Å². The second-order valence-electron chi connectivity index (χ2n) is 6.53. The Hall–Kier alpha value is -2.00. The number of nitro benzene ring substituents is 1. The molecule has 0 aliphatic rings. The van der Waals surface area contributed by atoms with Crippen molar-refractivity contribution in [2.75, 3.05) is 5.75 Å². The zero-order valence-corrected chi connectivity index (χ0v) is 15.6. The first-order valence-corrected chi connectivity index (χ1v) is 9.46. The quantitative estimate of drug-likeness (QED) is 0.404. The smallest absolute Gasteiger partial charge is 0.274 e. The summed E-state index contributed by atoms with van der Waals surface area (Å²) in [5.41, 5.74) is -1.07. The van der Waals surface area contributed by atoms with Gasteiger partial charge in [-0.2, -0.15) is 8.42 Å². The normalized spacial score (nSPS) is 13.3. The third-order valence-corrected chi connectivity index (χ3v) is 5.19. The van der Waals surface area contributed by atoms with Gasteiger partial charge < -0.3 is 5.32 Å². The molecule has 1 N–H and O–H groups in total. The molecule has 0 aromatic heterocycles. The van der Waals surface area contributed by atoms with Crippen LogP contribution in [0.1, 0.15) is 39.7 Å². The van der Waals surface area contributed by atoms with Crippen molar-refractivity contribution in [2.24, 2.45) is 5.92 Å². The van der Waals surface area contributed by atoms with Crippen molar-refractivity contribution in [3.8, 4) is 0 Å².